The molecule has 0 aromatic heterocycles. The molecule has 0 unspecified atom stereocenters. The maximum atomic E-state index is 13.0. The number of carbonyl (C=O) groups excluding carboxylic acids is 1. The Kier molecular flexibility index (Phi) is 5.31. The van der Waals surface area contributed by atoms with Gasteiger partial charge in [-0.1, -0.05) is 44.0 Å². The second-order valence-corrected chi connectivity index (χ2v) is 8.23. The second-order valence-electron chi connectivity index (χ2n) is 7.83. The molecular formula is C20H27ClO4. The normalized spacial score (nSPS) is 28.2. The van der Waals surface area contributed by atoms with Crippen molar-refractivity contribution in [2.75, 3.05) is 0 Å². The van der Waals surface area contributed by atoms with Crippen molar-refractivity contribution in [3.8, 4) is 5.75 Å². The first-order valence-corrected chi connectivity index (χ1v) is 9.52. The fourth-order valence-corrected chi connectivity index (χ4v) is 4.10. The molecule has 3 atom stereocenters. The quantitative estimate of drug-likeness (QED) is 0.682. The third-order valence-electron chi connectivity index (χ3n) is 5.12. The summed E-state index contributed by atoms with van der Waals surface area (Å²) < 4.78 is 17.6. The zero-order valence-corrected chi connectivity index (χ0v) is 16.1. The number of esters is 1. The summed E-state index contributed by atoms with van der Waals surface area (Å²) in [4.78, 5) is 13.0. The molecule has 0 saturated heterocycles. The first-order chi connectivity index (χ1) is 11.8. The molecule has 1 aromatic rings. The highest BCUT2D eigenvalue weighted by molar-refractivity contribution is 6.32. The van der Waals surface area contributed by atoms with E-state index in [9.17, 15) is 4.79 Å². The number of benzene rings is 1. The van der Waals surface area contributed by atoms with E-state index in [-0.39, 0.29) is 12.1 Å². The van der Waals surface area contributed by atoms with Gasteiger partial charge in [0, 0.05) is 19.4 Å². The summed E-state index contributed by atoms with van der Waals surface area (Å²) >= 11 is 6.26. The predicted octanol–water partition coefficient (Wildman–Crippen LogP) is 5.28. The summed E-state index contributed by atoms with van der Waals surface area (Å²) in [5.41, 5.74) is 0.633. The molecule has 1 saturated carbocycles. The van der Waals surface area contributed by atoms with Crippen LogP contribution in [-0.2, 0) is 14.3 Å². The first-order valence-electron chi connectivity index (χ1n) is 9.14. The van der Waals surface area contributed by atoms with Gasteiger partial charge >= 0.3 is 5.97 Å². The Morgan fingerprint density at radius 1 is 1.28 bits per heavy atom. The standard InChI is InChI=1S/C20H27ClO4/c1-12(2)13-8-5-6-11-16(13)23-19(22)18-14-9-7-10-15(21)17(14)24-20(3,4)25-18/h7,9-10,12-13,16,18H,5-6,8,11H2,1-4H3/t13-,16+,18-/m1/s1. The van der Waals surface area contributed by atoms with Gasteiger partial charge in [0.2, 0.25) is 5.79 Å². The van der Waals surface area contributed by atoms with Gasteiger partial charge in [-0.3, -0.25) is 0 Å². The molecule has 0 spiro atoms. The molecule has 138 valence electrons. The van der Waals surface area contributed by atoms with Crippen LogP contribution in [0.25, 0.3) is 0 Å². The molecule has 0 radical (unpaired) electrons. The van der Waals surface area contributed by atoms with E-state index in [1.165, 1.54) is 6.42 Å². The average molecular weight is 367 g/mol. The Balaban J connectivity index is 1.83. The Hall–Kier alpha value is -1.26. The monoisotopic (exact) mass is 366 g/mol. The lowest BCUT2D eigenvalue weighted by Crippen LogP contribution is -2.42. The number of hydrogen-bond acceptors (Lipinski definition) is 4. The Bertz CT molecular complexity index is 641. The first kappa shape index (κ1) is 18.5. The van der Waals surface area contributed by atoms with Crippen LogP contribution in [0.4, 0.5) is 0 Å². The van der Waals surface area contributed by atoms with E-state index in [0.717, 1.165) is 19.3 Å². The Labute approximate surface area is 154 Å². The molecule has 0 N–H and O–H groups in total. The minimum Gasteiger partial charge on any atom is -0.461 e. The van der Waals surface area contributed by atoms with E-state index < -0.39 is 11.9 Å². The largest absolute Gasteiger partial charge is 0.461 e. The minimum atomic E-state index is -0.939. The minimum absolute atomic E-state index is 0.0431. The molecule has 2 aliphatic rings. The zero-order valence-electron chi connectivity index (χ0n) is 15.4. The van der Waals surface area contributed by atoms with Crippen LogP contribution < -0.4 is 4.74 Å². The van der Waals surface area contributed by atoms with Crippen LogP contribution in [0.5, 0.6) is 5.75 Å². The summed E-state index contributed by atoms with van der Waals surface area (Å²) in [5.74, 6) is 0.117. The van der Waals surface area contributed by atoms with Gasteiger partial charge in [-0.15, -0.1) is 0 Å². The second kappa shape index (κ2) is 7.16. The van der Waals surface area contributed by atoms with Crippen molar-refractivity contribution in [3.63, 3.8) is 0 Å². The van der Waals surface area contributed by atoms with Crippen LogP contribution in [0.15, 0.2) is 18.2 Å². The van der Waals surface area contributed by atoms with Crippen molar-refractivity contribution in [1.29, 1.82) is 0 Å². The molecular weight excluding hydrogens is 340 g/mol. The van der Waals surface area contributed by atoms with Crippen LogP contribution in [0, 0.1) is 11.8 Å². The SMILES string of the molecule is CC(C)[C@H]1CCCC[C@@H]1OC(=O)[C@@H]1OC(C)(C)Oc2c(Cl)cccc21. The van der Waals surface area contributed by atoms with Crippen molar-refractivity contribution in [3.05, 3.63) is 28.8 Å². The van der Waals surface area contributed by atoms with E-state index in [2.05, 4.69) is 13.8 Å². The Morgan fingerprint density at radius 3 is 2.72 bits per heavy atom. The van der Waals surface area contributed by atoms with E-state index in [4.69, 9.17) is 25.8 Å². The van der Waals surface area contributed by atoms with Crippen molar-refractivity contribution >= 4 is 17.6 Å². The van der Waals surface area contributed by atoms with Gasteiger partial charge in [0.25, 0.3) is 0 Å². The number of para-hydroxylation sites is 1. The van der Waals surface area contributed by atoms with Crippen LogP contribution in [-0.4, -0.2) is 17.9 Å². The maximum Gasteiger partial charge on any atom is 0.340 e. The lowest BCUT2D eigenvalue weighted by Gasteiger charge is -2.39. The molecule has 0 bridgehead atoms. The number of ether oxygens (including phenoxy) is 3. The molecule has 1 aliphatic heterocycles. The molecule has 1 aromatic carbocycles. The summed E-state index contributed by atoms with van der Waals surface area (Å²) in [5, 5.41) is 0.476. The van der Waals surface area contributed by atoms with Crippen molar-refractivity contribution < 1.29 is 19.0 Å². The van der Waals surface area contributed by atoms with Gasteiger partial charge in [-0.25, -0.2) is 4.79 Å². The van der Waals surface area contributed by atoms with Gasteiger partial charge < -0.3 is 14.2 Å². The topological polar surface area (TPSA) is 44.8 Å². The van der Waals surface area contributed by atoms with E-state index in [0.29, 0.717) is 28.2 Å². The number of carbonyl (C=O) groups is 1. The summed E-state index contributed by atoms with van der Waals surface area (Å²) in [6.07, 6.45) is 3.48. The highest BCUT2D eigenvalue weighted by Gasteiger charge is 2.42. The maximum absolute atomic E-state index is 13.0. The summed E-state index contributed by atoms with van der Waals surface area (Å²) in [6.45, 7) is 7.94. The predicted molar refractivity (Wildman–Crippen MR) is 96.7 cm³/mol. The summed E-state index contributed by atoms with van der Waals surface area (Å²) in [6, 6.07) is 5.35. The van der Waals surface area contributed by atoms with Gasteiger partial charge in [0.05, 0.1) is 5.02 Å². The lowest BCUT2D eigenvalue weighted by molar-refractivity contribution is -0.224. The fourth-order valence-electron chi connectivity index (χ4n) is 3.88. The molecule has 1 heterocycles. The average Bonchev–Trinajstić information content (AvgIpc) is 2.55. The molecule has 0 amide bonds. The Morgan fingerprint density at radius 2 is 2.00 bits per heavy atom. The number of hydrogen-bond donors (Lipinski definition) is 0. The van der Waals surface area contributed by atoms with Crippen LogP contribution in [0.1, 0.15) is 65.0 Å². The van der Waals surface area contributed by atoms with E-state index >= 15 is 0 Å². The third-order valence-corrected chi connectivity index (χ3v) is 5.42. The van der Waals surface area contributed by atoms with Crippen molar-refractivity contribution in [1.82, 2.24) is 0 Å². The van der Waals surface area contributed by atoms with Crippen molar-refractivity contribution in [2.45, 2.75) is 71.4 Å². The molecule has 5 heteroatoms. The molecule has 25 heavy (non-hydrogen) atoms. The molecule has 4 nitrogen and oxygen atoms in total. The molecule has 1 fully saturated rings. The smallest absolute Gasteiger partial charge is 0.340 e. The number of fused-ring (bicyclic) bond motifs is 1. The van der Waals surface area contributed by atoms with Crippen molar-refractivity contribution in [2.24, 2.45) is 11.8 Å². The molecule has 1 aliphatic carbocycles. The van der Waals surface area contributed by atoms with Gasteiger partial charge in [0.1, 0.15) is 11.9 Å². The highest BCUT2D eigenvalue weighted by atomic mass is 35.5. The van der Waals surface area contributed by atoms with E-state index in [1.54, 1.807) is 26.0 Å². The molecule has 3 rings (SSSR count). The summed E-state index contributed by atoms with van der Waals surface area (Å²) in [7, 11) is 0. The van der Waals surface area contributed by atoms with Crippen LogP contribution >= 0.6 is 11.6 Å². The lowest BCUT2D eigenvalue weighted by atomic mass is 9.79. The van der Waals surface area contributed by atoms with Gasteiger partial charge in [-0.05, 0) is 37.2 Å². The number of rotatable bonds is 3. The highest BCUT2D eigenvalue weighted by Crippen LogP contribution is 2.44. The zero-order chi connectivity index (χ0) is 18.2. The van der Waals surface area contributed by atoms with Gasteiger partial charge in [0.15, 0.2) is 6.10 Å². The van der Waals surface area contributed by atoms with E-state index in [1.807, 2.05) is 6.07 Å². The third kappa shape index (κ3) is 3.95. The number of halogens is 1. The van der Waals surface area contributed by atoms with Gasteiger partial charge in [-0.2, -0.15) is 0 Å². The van der Waals surface area contributed by atoms with Crippen LogP contribution in [0.2, 0.25) is 5.02 Å². The van der Waals surface area contributed by atoms with Crippen LogP contribution in [0.3, 0.4) is 0 Å². The fraction of sp³-hybridized carbons (Fsp3) is 0.650.